The van der Waals surface area contributed by atoms with E-state index in [1.54, 1.807) is 11.3 Å². The minimum Gasteiger partial charge on any atom is -0.378 e. The zero-order valence-electron chi connectivity index (χ0n) is 10.2. The summed E-state index contributed by atoms with van der Waals surface area (Å²) in [4.78, 5) is 0. The number of hydrogen-bond acceptors (Lipinski definition) is 4. The molecule has 5 heteroatoms. The maximum Gasteiger partial charge on any atom is 0.0771 e. The molecule has 1 N–H and O–H groups in total. The number of nitrogens with one attached hydrogen (secondary N) is 1. The quantitative estimate of drug-likeness (QED) is 0.901. The lowest BCUT2D eigenvalue weighted by Crippen LogP contribution is -2.15. The van der Waals surface area contributed by atoms with Crippen molar-refractivity contribution >= 4 is 17.0 Å². The molecule has 96 valence electrons. The molecule has 0 saturated carbocycles. The largest absolute Gasteiger partial charge is 0.378 e. The predicted molar refractivity (Wildman–Crippen MR) is 72.8 cm³/mol. The molecule has 1 aliphatic heterocycles. The van der Waals surface area contributed by atoms with Crippen molar-refractivity contribution in [3.8, 4) is 0 Å². The van der Waals surface area contributed by atoms with Crippen LogP contribution in [0.4, 0.5) is 5.69 Å². The summed E-state index contributed by atoms with van der Waals surface area (Å²) in [5.41, 5.74) is 2.38. The highest BCUT2D eigenvalue weighted by molar-refractivity contribution is 7.07. The van der Waals surface area contributed by atoms with Gasteiger partial charge in [-0.2, -0.15) is 16.4 Å². The molecule has 0 radical (unpaired) electrons. The number of rotatable bonds is 5. The van der Waals surface area contributed by atoms with Crippen LogP contribution >= 0.6 is 11.3 Å². The first-order valence-electron chi connectivity index (χ1n) is 6.29. The summed E-state index contributed by atoms with van der Waals surface area (Å²) in [6.45, 7) is 2.62. The smallest absolute Gasteiger partial charge is 0.0771 e. The Morgan fingerprint density at radius 1 is 1.56 bits per heavy atom. The van der Waals surface area contributed by atoms with Gasteiger partial charge in [-0.15, -0.1) is 0 Å². The van der Waals surface area contributed by atoms with E-state index in [0.717, 1.165) is 31.8 Å². The molecule has 0 aliphatic carbocycles. The van der Waals surface area contributed by atoms with Gasteiger partial charge in [0.05, 0.1) is 24.5 Å². The Kier molecular flexibility index (Phi) is 3.61. The molecule has 2 aromatic heterocycles. The topological polar surface area (TPSA) is 39.1 Å². The molecule has 18 heavy (non-hydrogen) atoms. The second-order valence-electron chi connectivity index (χ2n) is 4.57. The number of ether oxygens (including phenoxy) is 1. The third kappa shape index (κ3) is 2.91. The van der Waals surface area contributed by atoms with Crippen LogP contribution in [0.5, 0.6) is 0 Å². The van der Waals surface area contributed by atoms with Gasteiger partial charge in [-0.25, -0.2) is 0 Å². The van der Waals surface area contributed by atoms with Gasteiger partial charge in [-0.3, -0.25) is 4.68 Å². The lowest BCUT2D eigenvalue weighted by Gasteiger charge is -2.08. The first kappa shape index (κ1) is 11.7. The van der Waals surface area contributed by atoms with Crippen molar-refractivity contribution in [1.29, 1.82) is 0 Å². The van der Waals surface area contributed by atoms with Crippen molar-refractivity contribution in [1.82, 2.24) is 9.78 Å². The zero-order valence-corrected chi connectivity index (χ0v) is 11.0. The third-order valence-electron chi connectivity index (χ3n) is 3.12. The van der Waals surface area contributed by atoms with E-state index in [2.05, 4.69) is 27.2 Å². The van der Waals surface area contributed by atoms with Gasteiger partial charge in [0.1, 0.15) is 0 Å². The highest BCUT2D eigenvalue weighted by Crippen LogP contribution is 2.15. The normalized spacial score (nSPS) is 19.2. The molecule has 0 amide bonds. The molecule has 1 aliphatic rings. The monoisotopic (exact) mass is 263 g/mol. The first-order chi connectivity index (χ1) is 8.90. The Hall–Kier alpha value is -1.33. The highest BCUT2D eigenvalue weighted by atomic mass is 32.1. The number of aromatic nitrogens is 2. The first-order valence-corrected chi connectivity index (χ1v) is 7.23. The molecule has 0 aromatic carbocycles. The van der Waals surface area contributed by atoms with Crippen LogP contribution in [-0.2, 0) is 17.8 Å². The van der Waals surface area contributed by atoms with E-state index >= 15 is 0 Å². The molecule has 0 bridgehead atoms. The van der Waals surface area contributed by atoms with Crippen molar-refractivity contribution in [2.24, 2.45) is 0 Å². The van der Waals surface area contributed by atoms with Crippen LogP contribution in [0.2, 0.25) is 0 Å². The second kappa shape index (κ2) is 5.54. The molecule has 2 aromatic rings. The standard InChI is InChI=1S/C13H17N3OS/c1-2-13(17-4-1)9-16-8-12(7-15-16)14-6-11-3-5-18-10-11/h3,5,7-8,10,13-14H,1-2,4,6,9H2. The van der Waals surface area contributed by atoms with Gasteiger partial charge < -0.3 is 10.1 Å². The van der Waals surface area contributed by atoms with Gasteiger partial charge >= 0.3 is 0 Å². The summed E-state index contributed by atoms with van der Waals surface area (Å²) < 4.78 is 7.57. The summed E-state index contributed by atoms with van der Waals surface area (Å²) >= 11 is 1.72. The maximum absolute atomic E-state index is 5.61. The van der Waals surface area contributed by atoms with Gasteiger partial charge in [-0.1, -0.05) is 0 Å². The van der Waals surface area contributed by atoms with E-state index in [4.69, 9.17) is 4.74 Å². The van der Waals surface area contributed by atoms with Crippen molar-refractivity contribution < 1.29 is 4.74 Å². The van der Waals surface area contributed by atoms with Crippen LogP contribution in [0.3, 0.4) is 0 Å². The van der Waals surface area contributed by atoms with Crippen LogP contribution in [-0.4, -0.2) is 22.5 Å². The van der Waals surface area contributed by atoms with Crippen LogP contribution in [0.1, 0.15) is 18.4 Å². The average Bonchev–Trinajstić information content (AvgIpc) is 3.09. The SMILES string of the molecule is c1cc(CNc2cnn(CC3CCCO3)c2)cs1. The van der Waals surface area contributed by atoms with E-state index in [-0.39, 0.29) is 0 Å². The molecule has 3 rings (SSSR count). The van der Waals surface area contributed by atoms with Crippen molar-refractivity contribution in [2.75, 3.05) is 11.9 Å². The molecule has 3 heterocycles. The van der Waals surface area contributed by atoms with Crippen molar-refractivity contribution in [3.63, 3.8) is 0 Å². The lowest BCUT2D eigenvalue weighted by atomic mass is 10.2. The summed E-state index contributed by atoms with van der Waals surface area (Å²) in [5.74, 6) is 0. The molecule has 1 fully saturated rings. The number of hydrogen-bond donors (Lipinski definition) is 1. The Morgan fingerprint density at radius 3 is 3.33 bits per heavy atom. The number of thiophene rings is 1. The summed E-state index contributed by atoms with van der Waals surface area (Å²) in [6, 6.07) is 2.13. The van der Waals surface area contributed by atoms with Crippen molar-refractivity contribution in [3.05, 3.63) is 34.8 Å². The molecular formula is C13H17N3OS. The Morgan fingerprint density at radius 2 is 2.56 bits per heavy atom. The van der Waals surface area contributed by atoms with Gasteiger partial charge in [0, 0.05) is 19.3 Å². The second-order valence-corrected chi connectivity index (χ2v) is 5.35. The van der Waals surface area contributed by atoms with Gasteiger partial charge in [-0.05, 0) is 35.2 Å². The minimum absolute atomic E-state index is 0.342. The Balaban J connectivity index is 1.52. The fraction of sp³-hybridized carbons (Fsp3) is 0.462. The van der Waals surface area contributed by atoms with Crippen molar-refractivity contribution in [2.45, 2.75) is 32.0 Å². The number of anilines is 1. The van der Waals surface area contributed by atoms with Gasteiger partial charge in [0.2, 0.25) is 0 Å². The lowest BCUT2D eigenvalue weighted by molar-refractivity contribution is 0.0940. The van der Waals surface area contributed by atoms with Crippen LogP contribution < -0.4 is 5.32 Å². The average molecular weight is 263 g/mol. The third-order valence-corrected chi connectivity index (χ3v) is 3.86. The van der Waals surface area contributed by atoms with Crippen LogP contribution in [0, 0.1) is 0 Å². The predicted octanol–water partition coefficient (Wildman–Crippen LogP) is 2.74. The maximum atomic E-state index is 5.61. The zero-order chi connectivity index (χ0) is 12.2. The van der Waals surface area contributed by atoms with Crippen LogP contribution in [0.25, 0.3) is 0 Å². The van der Waals surface area contributed by atoms with Gasteiger partial charge in [0.15, 0.2) is 0 Å². The molecular weight excluding hydrogens is 246 g/mol. The summed E-state index contributed by atoms with van der Waals surface area (Å²) in [7, 11) is 0. The molecule has 0 spiro atoms. The molecule has 4 nitrogen and oxygen atoms in total. The fourth-order valence-electron chi connectivity index (χ4n) is 2.15. The molecule has 1 atom stereocenters. The highest BCUT2D eigenvalue weighted by Gasteiger charge is 2.16. The fourth-order valence-corrected chi connectivity index (χ4v) is 2.82. The Bertz CT molecular complexity index is 474. The van der Waals surface area contributed by atoms with E-state index in [9.17, 15) is 0 Å². The summed E-state index contributed by atoms with van der Waals surface area (Å²) in [5, 5.41) is 12.0. The minimum atomic E-state index is 0.342. The van der Waals surface area contributed by atoms with E-state index in [1.807, 2.05) is 17.1 Å². The number of nitrogens with zero attached hydrogens (tertiary/aromatic N) is 2. The molecule has 1 unspecified atom stereocenters. The Labute approximate surface area is 111 Å². The molecule has 1 saturated heterocycles. The van der Waals surface area contributed by atoms with Gasteiger partial charge in [0.25, 0.3) is 0 Å². The summed E-state index contributed by atoms with van der Waals surface area (Å²) in [6.07, 6.45) is 6.59. The van der Waals surface area contributed by atoms with E-state index < -0.39 is 0 Å². The van der Waals surface area contributed by atoms with E-state index in [0.29, 0.717) is 6.10 Å². The van der Waals surface area contributed by atoms with Crippen LogP contribution in [0.15, 0.2) is 29.2 Å². The van der Waals surface area contributed by atoms with E-state index in [1.165, 1.54) is 12.0 Å².